The van der Waals surface area contributed by atoms with Gasteiger partial charge in [-0.1, -0.05) is 0 Å². The number of nitrogens with zero attached hydrogens (tertiary/aromatic N) is 2. The molecule has 104 valence electrons. The molecule has 0 aliphatic carbocycles. The second-order valence-corrected chi connectivity index (χ2v) is 8.02. The summed E-state index contributed by atoms with van der Waals surface area (Å²) in [5.41, 5.74) is -0.171. The molecule has 0 aromatic carbocycles. The van der Waals surface area contributed by atoms with E-state index in [-0.39, 0.29) is 11.4 Å². The van der Waals surface area contributed by atoms with Gasteiger partial charge in [-0.05, 0) is 39.3 Å². The predicted molar refractivity (Wildman–Crippen MR) is 68.9 cm³/mol. The van der Waals surface area contributed by atoms with Gasteiger partial charge in [-0.15, -0.1) is 0 Å². The lowest BCUT2D eigenvalue weighted by molar-refractivity contribution is -0.0773. The molecule has 0 bridgehead atoms. The average molecular weight is 274 g/mol. The molecule has 0 radical (unpaired) electrons. The molecule has 3 fully saturated rings. The standard InChI is InChI=1S/C12H22N2O3S/c1-2-18(15,16)14-9-12(10-14)7-11(8-17-12)13-5-3-4-6-13/h11H,2-10H2,1H3. The van der Waals surface area contributed by atoms with Gasteiger partial charge in [0, 0.05) is 19.1 Å². The van der Waals surface area contributed by atoms with Crippen LogP contribution in [0.25, 0.3) is 0 Å². The first-order valence-corrected chi connectivity index (χ1v) is 8.51. The van der Waals surface area contributed by atoms with Crippen molar-refractivity contribution in [1.29, 1.82) is 0 Å². The highest BCUT2D eigenvalue weighted by atomic mass is 32.2. The van der Waals surface area contributed by atoms with Crippen LogP contribution in [0.4, 0.5) is 0 Å². The van der Waals surface area contributed by atoms with Crippen LogP contribution in [0, 0.1) is 0 Å². The number of likely N-dealkylation sites (tertiary alicyclic amines) is 1. The molecule has 6 heteroatoms. The molecular weight excluding hydrogens is 252 g/mol. The third kappa shape index (κ3) is 2.09. The number of ether oxygens (including phenoxy) is 1. The molecule has 3 aliphatic rings. The Hall–Kier alpha value is -0.170. The largest absolute Gasteiger partial charge is 0.371 e. The zero-order valence-corrected chi connectivity index (χ0v) is 11.8. The summed E-state index contributed by atoms with van der Waals surface area (Å²) in [5.74, 6) is 0.193. The van der Waals surface area contributed by atoms with Crippen LogP contribution >= 0.6 is 0 Å². The molecule has 1 spiro atoms. The monoisotopic (exact) mass is 274 g/mol. The molecule has 3 heterocycles. The summed E-state index contributed by atoms with van der Waals surface area (Å²) in [4.78, 5) is 2.51. The third-order valence-corrected chi connectivity index (χ3v) is 6.31. The first-order chi connectivity index (χ1) is 8.55. The molecule has 18 heavy (non-hydrogen) atoms. The maximum Gasteiger partial charge on any atom is 0.214 e. The van der Waals surface area contributed by atoms with Crippen molar-refractivity contribution in [2.45, 2.75) is 37.8 Å². The summed E-state index contributed by atoms with van der Waals surface area (Å²) in [5, 5.41) is 0. The van der Waals surface area contributed by atoms with Gasteiger partial charge in [-0.2, -0.15) is 4.31 Å². The molecule has 1 unspecified atom stereocenters. The Kier molecular flexibility index (Phi) is 3.17. The van der Waals surface area contributed by atoms with E-state index in [0.29, 0.717) is 19.1 Å². The van der Waals surface area contributed by atoms with Crippen molar-refractivity contribution < 1.29 is 13.2 Å². The summed E-state index contributed by atoms with van der Waals surface area (Å²) < 4.78 is 30.9. The van der Waals surface area contributed by atoms with E-state index < -0.39 is 10.0 Å². The number of hydrogen-bond donors (Lipinski definition) is 0. The van der Waals surface area contributed by atoms with Crippen LogP contribution in [0.3, 0.4) is 0 Å². The van der Waals surface area contributed by atoms with Crippen molar-refractivity contribution >= 4 is 10.0 Å². The van der Waals surface area contributed by atoms with E-state index >= 15 is 0 Å². The Morgan fingerprint density at radius 3 is 2.56 bits per heavy atom. The summed E-state index contributed by atoms with van der Waals surface area (Å²) in [6.45, 7) is 5.96. The molecule has 3 saturated heterocycles. The van der Waals surface area contributed by atoms with Crippen LogP contribution in [0.1, 0.15) is 26.2 Å². The predicted octanol–water partition coefficient (Wildman–Crippen LogP) is 0.275. The lowest BCUT2D eigenvalue weighted by Gasteiger charge is -2.46. The van der Waals surface area contributed by atoms with E-state index in [9.17, 15) is 8.42 Å². The van der Waals surface area contributed by atoms with Crippen molar-refractivity contribution in [2.24, 2.45) is 0 Å². The molecule has 1 atom stereocenters. The minimum absolute atomic E-state index is 0.171. The van der Waals surface area contributed by atoms with E-state index in [2.05, 4.69) is 4.90 Å². The highest BCUT2D eigenvalue weighted by molar-refractivity contribution is 7.89. The van der Waals surface area contributed by atoms with Gasteiger partial charge in [0.05, 0.1) is 18.0 Å². The normalized spacial score (nSPS) is 33.1. The van der Waals surface area contributed by atoms with Gasteiger partial charge in [0.25, 0.3) is 0 Å². The van der Waals surface area contributed by atoms with Gasteiger partial charge in [0.15, 0.2) is 0 Å². The number of hydrogen-bond acceptors (Lipinski definition) is 4. The maximum atomic E-state index is 11.7. The molecule has 0 amide bonds. The zero-order valence-electron chi connectivity index (χ0n) is 11.0. The van der Waals surface area contributed by atoms with E-state index in [0.717, 1.165) is 13.0 Å². The summed E-state index contributed by atoms with van der Waals surface area (Å²) in [7, 11) is -3.02. The van der Waals surface area contributed by atoms with Crippen molar-refractivity contribution in [3.05, 3.63) is 0 Å². The van der Waals surface area contributed by atoms with Crippen LogP contribution in [-0.4, -0.2) is 67.8 Å². The van der Waals surface area contributed by atoms with Gasteiger partial charge in [-0.3, -0.25) is 4.90 Å². The maximum absolute atomic E-state index is 11.7. The van der Waals surface area contributed by atoms with Crippen LogP contribution in [0.15, 0.2) is 0 Å². The van der Waals surface area contributed by atoms with Crippen molar-refractivity contribution in [3.8, 4) is 0 Å². The Bertz CT molecular complexity index is 411. The SMILES string of the molecule is CCS(=O)(=O)N1CC2(CC(N3CCCC3)CO2)C1. The Morgan fingerprint density at radius 2 is 1.94 bits per heavy atom. The fourth-order valence-electron chi connectivity index (χ4n) is 3.36. The van der Waals surface area contributed by atoms with Crippen molar-refractivity contribution in [2.75, 3.05) is 38.5 Å². The molecule has 3 rings (SSSR count). The first-order valence-electron chi connectivity index (χ1n) is 6.90. The molecule has 0 N–H and O–H groups in total. The molecule has 0 saturated carbocycles. The Labute approximate surface area is 109 Å². The summed E-state index contributed by atoms with van der Waals surface area (Å²) in [6.07, 6.45) is 3.59. The third-order valence-electron chi connectivity index (χ3n) is 4.53. The smallest absolute Gasteiger partial charge is 0.214 e. The second-order valence-electron chi connectivity index (χ2n) is 5.76. The van der Waals surface area contributed by atoms with Gasteiger partial charge >= 0.3 is 0 Å². The van der Waals surface area contributed by atoms with Crippen LogP contribution in [0.5, 0.6) is 0 Å². The second kappa shape index (κ2) is 4.44. The molecule has 5 nitrogen and oxygen atoms in total. The fourth-order valence-corrected chi connectivity index (χ4v) is 4.59. The van der Waals surface area contributed by atoms with E-state index in [1.165, 1.54) is 25.9 Å². The Morgan fingerprint density at radius 1 is 1.28 bits per heavy atom. The number of rotatable bonds is 3. The Balaban J connectivity index is 1.57. The fraction of sp³-hybridized carbons (Fsp3) is 1.00. The minimum atomic E-state index is -3.02. The zero-order chi connectivity index (χ0) is 12.8. The van der Waals surface area contributed by atoms with Crippen LogP contribution in [-0.2, 0) is 14.8 Å². The van der Waals surface area contributed by atoms with E-state index in [1.54, 1.807) is 11.2 Å². The molecule has 0 aromatic heterocycles. The van der Waals surface area contributed by atoms with Crippen LogP contribution < -0.4 is 0 Å². The highest BCUT2D eigenvalue weighted by Crippen LogP contribution is 2.38. The highest BCUT2D eigenvalue weighted by Gasteiger charge is 2.53. The van der Waals surface area contributed by atoms with Crippen LogP contribution in [0.2, 0.25) is 0 Å². The molecular formula is C12H22N2O3S. The lowest BCUT2D eigenvalue weighted by atomic mass is 9.91. The van der Waals surface area contributed by atoms with Crippen molar-refractivity contribution in [1.82, 2.24) is 9.21 Å². The quantitative estimate of drug-likeness (QED) is 0.741. The van der Waals surface area contributed by atoms with Gasteiger partial charge < -0.3 is 4.74 Å². The van der Waals surface area contributed by atoms with Gasteiger partial charge in [0.2, 0.25) is 10.0 Å². The average Bonchev–Trinajstić information content (AvgIpc) is 2.95. The molecule has 0 aromatic rings. The lowest BCUT2D eigenvalue weighted by Crippen LogP contribution is -2.63. The topological polar surface area (TPSA) is 49.9 Å². The van der Waals surface area contributed by atoms with Gasteiger partial charge in [0.1, 0.15) is 0 Å². The summed E-state index contributed by atoms with van der Waals surface area (Å²) >= 11 is 0. The van der Waals surface area contributed by atoms with Crippen molar-refractivity contribution in [3.63, 3.8) is 0 Å². The van der Waals surface area contributed by atoms with E-state index in [4.69, 9.17) is 4.74 Å². The summed E-state index contributed by atoms with van der Waals surface area (Å²) in [6, 6.07) is 0.513. The van der Waals surface area contributed by atoms with E-state index in [1.807, 2.05) is 0 Å². The minimum Gasteiger partial charge on any atom is -0.371 e. The first kappa shape index (κ1) is 12.8. The van der Waals surface area contributed by atoms with Gasteiger partial charge in [-0.25, -0.2) is 8.42 Å². The number of sulfonamides is 1. The molecule has 3 aliphatic heterocycles.